The van der Waals surface area contributed by atoms with Crippen LogP contribution in [0.15, 0.2) is 65.1 Å². The van der Waals surface area contributed by atoms with Gasteiger partial charge in [-0.05, 0) is 48.5 Å². The van der Waals surface area contributed by atoms with Gasteiger partial charge in [0, 0.05) is 30.4 Å². The fourth-order valence-corrected chi connectivity index (χ4v) is 2.70. The maximum absolute atomic E-state index is 12.9. The van der Waals surface area contributed by atoms with Crippen molar-refractivity contribution in [1.29, 1.82) is 0 Å². The molecule has 1 heterocycles. The molecule has 0 saturated heterocycles. The van der Waals surface area contributed by atoms with Gasteiger partial charge >= 0.3 is 5.97 Å². The van der Waals surface area contributed by atoms with E-state index in [4.69, 9.17) is 9.15 Å². The molecule has 0 aliphatic carbocycles. The van der Waals surface area contributed by atoms with Gasteiger partial charge in [0.05, 0.1) is 11.5 Å². The van der Waals surface area contributed by atoms with Gasteiger partial charge in [-0.2, -0.15) is 0 Å². The second-order valence-electron chi connectivity index (χ2n) is 6.85. The lowest BCUT2D eigenvalue weighted by Gasteiger charge is -2.16. The van der Waals surface area contributed by atoms with Crippen LogP contribution in [0.1, 0.15) is 10.6 Å². The third-order valence-electron chi connectivity index (χ3n) is 4.43. The molecule has 0 unspecified atom stereocenters. The van der Waals surface area contributed by atoms with Crippen LogP contribution in [0.5, 0.6) is 0 Å². The summed E-state index contributed by atoms with van der Waals surface area (Å²) in [5.41, 5.74) is 0.803. The summed E-state index contributed by atoms with van der Waals surface area (Å²) in [6.07, 6.45) is 0. The first-order valence-corrected chi connectivity index (χ1v) is 9.54. The SMILES string of the molecule is CN(CC(=O)Nc1ccc(F)cc1)C(=O)COC(=O)c1ccc(-c2ccc([N+](=O)[O-])cc2)o1. The Morgan fingerprint density at radius 1 is 1.06 bits per heavy atom. The van der Waals surface area contributed by atoms with E-state index in [1.54, 1.807) is 0 Å². The van der Waals surface area contributed by atoms with E-state index in [1.165, 1.54) is 67.7 Å². The molecule has 0 radical (unpaired) electrons. The predicted octanol–water partition coefficient (Wildman–Crippen LogP) is 3.25. The van der Waals surface area contributed by atoms with Crippen LogP contribution >= 0.6 is 0 Å². The molecule has 0 spiro atoms. The van der Waals surface area contributed by atoms with Gasteiger partial charge in [-0.3, -0.25) is 19.7 Å². The molecule has 2 aromatic carbocycles. The number of ether oxygens (including phenoxy) is 1. The molecular formula is C22H18FN3O7. The lowest BCUT2D eigenvalue weighted by Crippen LogP contribution is -2.37. The molecule has 0 atom stereocenters. The summed E-state index contributed by atoms with van der Waals surface area (Å²) in [5, 5.41) is 13.2. The Bertz CT molecular complexity index is 1170. The summed E-state index contributed by atoms with van der Waals surface area (Å²) in [6.45, 7) is -0.925. The molecule has 1 N–H and O–H groups in total. The van der Waals surface area contributed by atoms with E-state index in [0.717, 1.165) is 4.90 Å². The second kappa shape index (κ2) is 10.2. The number of benzene rings is 2. The number of likely N-dealkylation sites (N-methyl/N-ethyl adjacent to an activating group) is 1. The van der Waals surface area contributed by atoms with Crippen molar-refractivity contribution in [2.75, 3.05) is 25.5 Å². The molecule has 0 aliphatic rings. The van der Waals surface area contributed by atoms with E-state index >= 15 is 0 Å². The number of nitro benzene ring substituents is 1. The molecule has 2 amide bonds. The Balaban J connectivity index is 1.49. The molecule has 170 valence electrons. The van der Waals surface area contributed by atoms with Crippen LogP contribution in [0.2, 0.25) is 0 Å². The maximum atomic E-state index is 12.9. The summed E-state index contributed by atoms with van der Waals surface area (Å²) in [7, 11) is 1.36. The standard InChI is InChI=1S/C22H18FN3O7/c1-25(12-20(27)24-16-6-4-15(23)5-7-16)21(28)13-32-22(29)19-11-10-18(33-19)14-2-8-17(9-3-14)26(30)31/h2-11H,12-13H2,1H3,(H,24,27). The van der Waals surface area contributed by atoms with Crippen molar-refractivity contribution < 1.29 is 32.9 Å². The number of hydrogen-bond donors (Lipinski definition) is 1. The molecule has 1 aromatic heterocycles. The predicted molar refractivity (Wildman–Crippen MR) is 114 cm³/mol. The van der Waals surface area contributed by atoms with Gasteiger partial charge in [0.1, 0.15) is 11.6 Å². The second-order valence-corrected chi connectivity index (χ2v) is 6.85. The Labute approximate surface area is 186 Å². The number of carbonyl (C=O) groups is 3. The van der Waals surface area contributed by atoms with Gasteiger partial charge in [0.25, 0.3) is 11.6 Å². The van der Waals surface area contributed by atoms with Gasteiger partial charge in [-0.1, -0.05) is 0 Å². The lowest BCUT2D eigenvalue weighted by atomic mass is 10.1. The molecule has 0 fully saturated rings. The highest BCUT2D eigenvalue weighted by Gasteiger charge is 2.19. The minimum Gasteiger partial charge on any atom is -0.450 e. The van der Waals surface area contributed by atoms with Crippen molar-refractivity contribution in [2.24, 2.45) is 0 Å². The highest BCUT2D eigenvalue weighted by Crippen LogP contribution is 2.24. The smallest absolute Gasteiger partial charge is 0.374 e. The third-order valence-corrected chi connectivity index (χ3v) is 4.43. The zero-order valence-corrected chi connectivity index (χ0v) is 17.3. The summed E-state index contributed by atoms with van der Waals surface area (Å²) in [6, 6.07) is 13.5. The number of amides is 2. The van der Waals surface area contributed by atoms with Crippen LogP contribution in [0, 0.1) is 15.9 Å². The van der Waals surface area contributed by atoms with Crippen molar-refractivity contribution in [1.82, 2.24) is 4.90 Å². The van der Waals surface area contributed by atoms with Gasteiger partial charge in [-0.25, -0.2) is 9.18 Å². The number of nitrogens with one attached hydrogen (secondary N) is 1. The Morgan fingerprint density at radius 2 is 1.73 bits per heavy atom. The summed E-state index contributed by atoms with van der Waals surface area (Å²) >= 11 is 0. The first kappa shape index (κ1) is 23.1. The quantitative estimate of drug-likeness (QED) is 0.313. The normalized spacial score (nSPS) is 10.4. The lowest BCUT2D eigenvalue weighted by molar-refractivity contribution is -0.384. The van der Waals surface area contributed by atoms with Gasteiger partial charge in [0.15, 0.2) is 6.61 Å². The van der Waals surface area contributed by atoms with Crippen molar-refractivity contribution in [3.05, 3.63) is 82.4 Å². The van der Waals surface area contributed by atoms with Crippen LogP contribution in [0.4, 0.5) is 15.8 Å². The number of anilines is 1. The maximum Gasteiger partial charge on any atom is 0.374 e. The van der Waals surface area contributed by atoms with Crippen molar-refractivity contribution in [3.63, 3.8) is 0 Å². The molecule has 11 heteroatoms. The first-order chi connectivity index (χ1) is 15.7. The fraction of sp³-hybridized carbons (Fsp3) is 0.136. The Hall–Kier alpha value is -4.54. The third kappa shape index (κ3) is 6.23. The number of non-ortho nitro benzene ring substituents is 1. The molecule has 33 heavy (non-hydrogen) atoms. The van der Waals surface area contributed by atoms with Crippen molar-refractivity contribution >= 4 is 29.2 Å². The zero-order valence-electron chi connectivity index (χ0n) is 17.3. The Morgan fingerprint density at radius 3 is 2.36 bits per heavy atom. The average Bonchev–Trinajstić information content (AvgIpc) is 3.29. The molecule has 0 saturated carbocycles. The largest absolute Gasteiger partial charge is 0.450 e. The number of hydrogen-bond acceptors (Lipinski definition) is 7. The van der Waals surface area contributed by atoms with Gasteiger partial charge in [0.2, 0.25) is 11.7 Å². The molecule has 3 rings (SSSR count). The van der Waals surface area contributed by atoms with Crippen molar-refractivity contribution in [3.8, 4) is 11.3 Å². The van der Waals surface area contributed by atoms with Gasteiger partial charge in [-0.15, -0.1) is 0 Å². The highest BCUT2D eigenvalue weighted by molar-refractivity contribution is 5.95. The van der Waals surface area contributed by atoms with Crippen LogP contribution < -0.4 is 5.32 Å². The molecule has 0 aliphatic heterocycles. The van der Waals surface area contributed by atoms with E-state index in [-0.39, 0.29) is 23.8 Å². The monoisotopic (exact) mass is 455 g/mol. The Kier molecular flexibility index (Phi) is 7.13. The minimum absolute atomic E-state index is 0.0843. The number of nitrogens with zero attached hydrogens (tertiary/aromatic N) is 2. The fourth-order valence-electron chi connectivity index (χ4n) is 2.70. The minimum atomic E-state index is -0.888. The topological polar surface area (TPSA) is 132 Å². The van der Waals surface area contributed by atoms with Crippen molar-refractivity contribution in [2.45, 2.75) is 0 Å². The van der Waals surface area contributed by atoms with E-state index in [1.807, 2.05) is 0 Å². The van der Waals surface area contributed by atoms with Crippen LogP contribution in [0.3, 0.4) is 0 Å². The van der Waals surface area contributed by atoms with Crippen LogP contribution in [-0.4, -0.2) is 47.8 Å². The number of furan rings is 1. The number of carbonyl (C=O) groups excluding carboxylic acids is 3. The highest BCUT2D eigenvalue weighted by atomic mass is 19.1. The number of esters is 1. The number of halogens is 1. The van der Waals surface area contributed by atoms with E-state index in [9.17, 15) is 28.9 Å². The van der Waals surface area contributed by atoms with Crippen LogP contribution in [-0.2, 0) is 14.3 Å². The summed E-state index contributed by atoms with van der Waals surface area (Å²) in [5.74, 6) is -2.34. The van der Waals surface area contributed by atoms with E-state index in [0.29, 0.717) is 11.3 Å². The molecule has 3 aromatic rings. The molecule has 10 nitrogen and oxygen atoms in total. The van der Waals surface area contributed by atoms with Gasteiger partial charge < -0.3 is 19.4 Å². The molecule has 0 bridgehead atoms. The zero-order chi connectivity index (χ0) is 24.0. The van der Waals surface area contributed by atoms with Crippen LogP contribution in [0.25, 0.3) is 11.3 Å². The summed E-state index contributed by atoms with van der Waals surface area (Å²) in [4.78, 5) is 47.6. The van der Waals surface area contributed by atoms with E-state index < -0.39 is 35.1 Å². The summed E-state index contributed by atoms with van der Waals surface area (Å²) < 4.78 is 23.2. The number of nitro groups is 1. The first-order valence-electron chi connectivity index (χ1n) is 9.54. The molecular weight excluding hydrogens is 437 g/mol. The van der Waals surface area contributed by atoms with E-state index in [2.05, 4.69) is 5.32 Å². The average molecular weight is 455 g/mol. The number of rotatable bonds is 8.